The summed E-state index contributed by atoms with van der Waals surface area (Å²) in [5.74, 6) is 0.320. The van der Waals surface area contributed by atoms with Crippen molar-refractivity contribution in [2.24, 2.45) is 0 Å². The van der Waals surface area contributed by atoms with Crippen molar-refractivity contribution < 1.29 is 4.39 Å². The second-order valence-electron chi connectivity index (χ2n) is 5.07. The second-order valence-corrected chi connectivity index (χ2v) is 5.86. The maximum absolute atomic E-state index is 13.4. The smallest absolute Gasteiger partial charge is 0.158 e. The molecule has 2 heterocycles. The molecule has 2 rings (SSSR count). The quantitative estimate of drug-likeness (QED) is 0.928. The Labute approximate surface area is 126 Å². The average Bonchev–Trinajstić information content (AvgIpc) is 2.64. The van der Waals surface area contributed by atoms with Crippen molar-refractivity contribution in [2.45, 2.75) is 40.3 Å². The minimum absolute atomic E-state index is 0.318. The summed E-state index contributed by atoms with van der Waals surface area (Å²) < 4.78 is 16.1. The molecule has 0 spiro atoms. The van der Waals surface area contributed by atoms with Crippen molar-refractivity contribution in [3.05, 3.63) is 39.5 Å². The molecular formula is C14H18BrFN4. The number of nitrogens with zero attached hydrogens (tertiary/aromatic N) is 3. The van der Waals surface area contributed by atoms with E-state index in [1.54, 1.807) is 4.68 Å². The number of pyridine rings is 1. The van der Waals surface area contributed by atoms with Gasteiger partial charge in [0.25, 0.3) is 0 Å². The zero-order valence-corrected chi connectivity index (χ0v) is 13.6. The molecule has 4 nitrogen and oxygen atoms in total. The van der Waals surface area contributed by atoms with Crippen LogP contribution >= 0.6 is 15.9 Å². The van der Waals surface area contributed by atoms with Crippen LogP contribution in [0.1, 0.15) is 30.8 Å². The zero-order valence-electron chi connectivity index (χ0n) is 12.0. The van der Waals surface area contributed by atoms with Crippen molar-refractivity contribution >= 4 is 15.9 Å². The van der Waals surface area contributed by atoms with Gasteiger partial charge in [0.15, 0.2) is 5.82 Å². The second kappa shape index (κ2) is 6.01. The van der Waals surface area contributed by atoms with E-state index in [-0.39, 0.29) is 5.82 Å². The number of rotatable bonds is 4. The summed E-state index contributed by atoms with van der Waals surface area (Å²) in [5.41, 5.74) is 2.63. The van der Waals surface area contributed by atoms with E-state index in [9.17, 15) is 4.39 Å². The Hall–Kier alpha value is -1.27. The minimum Gasteiger partial charge on any atom is -0.310 e. The van der Waals surface area contributed by atoms with E-state index in [0.29, 0.717) is 18.4 Å². The van der Waals surface area contributed by atoms with Crippen molar-refractivity contribution in [1.29, 1.82) is 0 Å². The summed E-state index contributed by atoms with van der Waals surface area (Å²) in [7, 11) is 0. The topological polar surface area (TPSA) is 42.7 Å². The lowest BCUT2D eigenvalue weighted by Gasteiger charge is -2.13. The van der Waals surface area contributed by atoms with E-state index in [0.717, 1.165) is 21.4 Å². The fourth-order valence-electron chi connectivity index (χ4n) is 1.94. The third-order valence-corrected chi connectivity index (χ3v) is 4.16. The average molecular weight is 341 g/mol. The van der Waals surface area contributed by atoms with Gasteiger partial charge in [0.2, 0.25) is 0 Å². The van der Waals surface area contributed by atoms with Crippen LogP contribution < -0.4 is 5.32 Å². The first kappa shape index (κ1) is 15.1. The maximum atomic E-state index is 13.4. The number of aryl methyl sites for hydroxylation is 1. The lowest BCUT2D eigenvalue weighted by molar-refractivity contribution is 0.573. The predicted molar refractivity (Wildman–Crippen MR) is 80.5 cm³/mol. The third kappa shape index (κ3) is 3.07. The molecule has 0 aromatic carbocycles. The molecule has 0 amide bonds. The van der Waals surface area contributed by atoms with E-state index >= 15 is 0 Å². The number of hydrogen-bond acceptors (Lipinski definition) is 3. The molecule has 0 radical (unpaired) electrons. The van der Waals surface area contributed by atoms with Gasteiger partial charge in [0.05, 0.1) is 22.1 Å². The standard InChI is InChI=1S/C14H18BrFN4/c1-8(2)17-6-11-5-12(16)7-18-14(11)20-10(4)13(15)9(3)19-20/h5,7-8,17H,6H2,1-4H3. The monoisotopic (exact) mass is 340 g/mol. The summed E-state index contributed by atoms with van der Waals surface area (Å²) >= 11 is 3.50. The van der Waals surface area contributed by atoms with E-state index in [4.69, 9.17) is 0 Å². The lowest BCUT2D eigenvalue weighted by atomic mass is 10.2. The molecule has 0 saturated heterocycles. The normalized spacial score (nSPS) is 11.3. The van der Waals surface area contributed by atoms with Crippen LogP contribution in [0.5, 0.6) is 0 Å². The van der Waals surface area contributed by atoms with Gasteiger partial charge in [-0.2, -0.15) is 5.10 Å². The number of halogens is 2. The SMILES string of the molecule is Cc1nn(-c2ncc(F)cc2CNC(C)C)c(C)c1Br. The molecule has 1 N–H and O–H groups in total. The first-order chi connectivity index (χ1) is 9.40. The highest BCUT2D eigenvalue weighted by atomic mass is 79.9. The molecule has 20 heavy (non-hydrogen) atoms. The Morgan fingerprint density at radius 3 is 2.65 bits per heavy atom. The fourth-order valence-corrected chi connectivity index (χ4v) is 2.19. The molecule has 0 fully saturated rings. The molecule has 2 aromatic rings. The molecule has 0 aliphatic carbocycles. The van der Waals surface area contributed by atoms with Gasteiger partial charge >= 0.3 is 0 Å². The maximum Gasteiger partial charge on any atom is 0.158 e. The molecule has 0 aliphatic rings. The highest BCUT2D eigenvalue weighted by molar-refractivity contribution is 9.10. The van der Waals surface area contributed by atoms with Crippen LogP contribution in [0.2, 0.25) is 0 Å². The predicted octanol–water partition coefficient (Wildman–Crippen LogP) is 3.28. The highest BCUT2D eigenvalue weighted by Crippen LogP contribution is 2.24. The highest BCUT2D eigenvalue weighted by Gasteiger charge is 2.15. The fraction of sp³-hybridized carbons (Fsp3) is 0.429. The van der Waals surface area contributed by atoms with Crippen LogP contribution in [-0.2, 0) is 6.54 Å². The first-order valence-electron chi connectivity index (χ1n) is 6.50. The van der Waals surface area contributed by atoms with Crippen LogP contribution in [0.15, 0.2) is 16.7 Å². The van der Waals surface area contributed by atoms with E-state index < -0.39 is 0 Å². The molecule has 108 valence electrons. The molecule has 0 aliphatic heterocycles. The summed E-state index contributed by atoms with van der Waals surface area (Å²) in [5, 5.41) is 7.74. The third-order valence-electron chi connectivity index (χ3n) is 3.01. The molecule has 2 aromatic heterocycles. The van der Waals surface area contributed by atoms with E-state index in [2.05, 4.69) is 31.3 Å². The molecule has 0 unspecified atom stereocenters. The van der Waals surface area contributed by atoms with E-state index in [1.165, 1.54) is 12.3 Å². The van der Waals surface area contributed by atoms with Gasteiger partial charge in [0, 0.05) is 18.2 Å². The Balaban J connectivity index is 2.47. The van der Waals surface area contributed by atoms with Gasteiger partial charge in [0.1, 0.15) is 5.82 Å². The van der Waals surface area contributed by atoms with Crippen molar-refractivity contribution in [1.82, 2.24) is 20.1 Å². The van der Waals surface area contributed by atoms with Gasteiger partial charge in [-0.1, -0.05) is 13.8 Å². The number of hydrogen-bond donors (Lipinski definition) is 1. The van der Waals surface area contributed by atoms with Crippen LogP contribution in [0.4, 0.5) is 4.39 Å². The Morgan fingerprint density at radius 2 is 2.10 bits per heavy atom. The molecular weight excluding hydrogens is 323 g/mol. The van der Waals surface area contributed by atoms with Crippen molar-refractivity contribution in [3.8, 4) is 5.82 Å². The molecule has 0 bridgehead atoms. The van der Waals surface area contributed by atoms with Crippen LogP contribution in [-0.4, -0.2) is 20.8 Å². The van der Waals surface area contributed by atoms with Crippen LogP contribution in [0.25, 0.3) is 5.82 Å². The van der Waals surface area contributed by atoms with Crippen LogP contribution in [0, 0.1) is 19.7 Å². The first-order valence-corrected chi connectivity index (χ1v) is 7.29. The largest absolute Gasteiger partial charge is 0.310 e. The molecule has 6 heteroatoms. The minimum atomic E-state index is -0.338. The zero-order chi connectivity index (χ0) is 14.9. The molecule has 0 atom stereocenters. The number of nitrogens with one attached hydrogen (secondary N) is 1. The van der Waals surface area contributed by atoms with E-state index in [1.807, 2.05) is 27.7 Å². The van der Waals surface area contributed by atoms with Crippen molar-refractivity contribution in [3.63, 3.8) is 0 Å². The summed E-state index contributed by atoms with van der Waals surface area (Å²) in [6.45, 7) is 8.52. The van der Waals surface area contributed by atoms with Crippen molar-refractivity contribution in [2.75, 3.05) is 0 Å². The lowest BCUT2D eigenvalue weighted by Crippen LogP contribution is -2.23. The summed E-state index contributed by atoms with van der Waals surface area (Å²) in [4.78, 5) is 4.21. The van der Waals surface area contributed by atoms with Gasteiger partial charge in [-0.25, -0.2) is 14.1 Å². The van der Waals surface area contributed by atoms with Gasteiger partial charge in [-0.05, 0) is 35.8 Å². The van der Waals surface area contributed by atoms with Gasteiger partial charge in [-0.15, -0.1) is 0 Å². The summed E-state index contributed by atoms with van der Waals surface area (Å²) in [6.07, 6.45) is 1.22. The Morgan fingerprint density at radius 1 is 1.40 bits per heavy atom. The number of aromatic nitrogens is 3. The van der Waals surface area contributed by atoms with Crippen LogP contribution in [0.3, 0.4) is 0 Å². The Bertz CT molecular complexity index is 622. The molecule has 0 saturated carbocycles. The van der Waals surface area contributed by atoms with Gasteiger partial charge < -0.3 is 5.32 Å². The Kier molecular flexibility index (Phi) is 4.55. The van der Waals surface area contributed by atoms with Gasteiger partial charge in [-0.3, -0.25) is 0 Å². The summed E-state index contributed by atoms with van der Waals surface area (Å²) in [6, 6.07) is 1.82.